The van der Waals surface area contributed by atoms with Crippen molar-refractivity contribution in [1.82, 2.24) is 19.1 Å². The average molecular weight is 819 g/mol. The van der Waals surface area contributed by atoms with Crippen LogP contribution in [0.25, 0.3) is 130 Å². The molecule has 10 aromatic carbocycles. The van der Waals surface area contributed by atoms with Crippen LogP contribution in [-0.2, 0) is 0 Å². The van der Waals surface area contributed by atoms with E-state index in [2.05, 4.69) is 215 Å². The summed E-state index contributed by atoms with van der Waals surface area (Å²) in [5, 5.41) is 13.3. The first-order valence-corrected chi connectivity index (χ1v) is 22.2. The molecule has 0 atom stereocenters. The van der Waals surface area contributed by atoms with Gasteiger partial charge >= 0.3 is 0 Å². The number of fused-ring (bicyclic) bond motifs is 13. The molecule has 14 rings (SSSR count). The number of rotatable bonds is 4. The van der Waals surface area contributed by atoms with Gasteiger partial charge in [0, 0.05) is 53.8 Å². The number of nitrogens with zero attached hydrogens (tertiary/aromatic N) is 4. The maximum Gasteiger partial charge on any atom is 0.143 e. The first kappa shape index (κ1) is 34.6. The molecular formula is C58H34N4S. The van der Waals surface area contributed by atoms with Gasteiger partial charge in [0.05, 0.1) is 39.1 Å². The Morgan fingerprint density at radius 3 is 1.89 bits per heavy atom. The van der Waals surface area contributed by atoms with E-state index in [1.54, 1.807) is 11.3 Å². The first-order valence-electron chi connectivity index (χ1n) is 21.4. The second-order valence-corrected chi connectivity index (χ2v) is 17.5. The molecule has 0 spiro atoms. The summed E-state index contributed by atoms with van der Waals surface area (Å²) in [6.45, 7) is 0. The topological polar surface area (TPSA) is 35.6 Å². The lowest BCUT2D eigenvalue weighted by molar-refractivity contribution is 1.18. The highest BCUT2D eigenvalue weighted by molar-refractivity contribution is 7.25. The van der Waals surface area contributed by atoms with Gasteiger partial charge in [-0.05, 0) is 87.6 Å². The Labute approximate surface area is 365 Å². The Kier molecular flexibility index (Phi) is 7.24. The van der Waals surface area contributed by atoms with Gasteiger partial charge in [0.1, 0.15) is 10.3 Å². The van der Waals surface area contributed by atoms with Gasteiger partial charge in [-0.1, -0.05) is 146 Å². The van der Waals surface area contributed by atoms with Crippen molar-refractivity contribution in [3.05, 3.63) is 206 Å². The van der Waals surface area contributed by atoms with E-state index in [4.69, 9.17) is 9.97 Å². The molecule has 0 amide bonds. The Bertz CT molecular complexity index is 4210. The standard InChI is InChI=1S/C58H34N4S/c1-2-17-39(18-3-1)61-48-24-12-10-22-43(48)44-28-26-38(34-51(44)61)55-56(59-57-46-23-11-13-25-53(46)63-58(57)60-55)45-29-31-49(42-21-9-8-20-41(42)45)62-50-30-27-35-14-6-7-19-40(35)54(50)47-32-36-15-4-5-16-37(36)33-52(47)62/h1-34H. The summed E-state index contributed by atoms with van der Waals surface area (Å²) in [6, 6.07) is 74.9. The largest absolute Gasteiger partial charge is 0.309 e. The van der Waals surface area contributed by atoms with Crippen molar-refractivity contribution in [3.8, 4) is 33.9 Å². The maximum atomic E-state index is 5.66. The number of benzene rings is 10. The molecule has 292 valence electrons. The fourth-order valence-corrected chi connectivity index (χ4v) is 11.3. The van der Waals surface area contributed by atoms with E-state index in [0.717, 1.165) is 65.9 Å². The third-order valence-electron chi connectivity index (χ3n) is 13.1. The van der Waals surface area contributed by atoms with Crippen molar-refractivity contribution in [2.45, 2.75) is 0 Å². The van der Waals surface area contributed by atoms with Gasteiger partial charge in [-0.3, -0.25) is 0 Å². The number of hydrogen-bond donors (Lipinski definition) is 0. The van der Waals surface area contributed by atoms with Crippen LogP contribution in [0, 0.1) is 0 Å². The van der Waals surface area contributed by atoms with E-state index in [1.165, 1.54) is 64.3 Å². The molecule has 0 radical (unpaired) electrons. The zero-order valence-electron chi connectivity index (χ0n) is 33.8. The fourth-order valence-electron chi connectivity index (χ4n) is 10.3. The highest BCUT2D eigenvalue weighted by atomic mass is 32.1. The van der Waals surface area contributed by atoms with Gasteiger partial charge < -0.3 is 9.13 Å². The molecule has 0 fully saturated rings. The molecule has 4 heterocycles. The van der Waals surface area contributed by atoms with Gasteiger partial charge in [-0.2, -0.15) is 0 Å². The molecule has 4 nitrogen and oxygen atoms in total. The number of aromatic nitrogens is 4. The van der Waals surface area contributed by atoms with E-state index in [-0.39, 0.29) is 0 Å². The molecular weight excluding hydrogens is 785 g/mol. The van der Waals surface area contributed by atoms with Crippen molar-refractivity contribution < 1.29 is 0 Å². The van der Waals surface area contributed by atoms with Crippen molar-refractivity contribution in [3.63, 3.8) is 0 Å². The lowest BCUT2D eigenvalue weighted by Gasteiger charge is -2.16. The summed E-state index contributed by atoms with van der Waals surface area (Å²) in [6.07, 6.45) is 0. The van der Waals surface area contributed by atoms with Gasteiger partial charge in [-0.25, -0.2) is 9.97 Å². The molecule has 0 aliphatic heterocycles. The molecule has 0 N–H and O–H groups in total. The van der Waals surface area contributed by atoms with E-state index < -0.39 is 0 Å². The minimum Gasteiger partial charge on any atom is -0.309 e. The van der Waals surface area contributed by atoms with Crippen LogP contribution in [-0.4, -0.2) is 19.1 Å². The van der Waals surface area contributed by atoms with E-state index in [0.29, 0.717) is 0 Å². The number of thiophene rings is 1. The summed E-state index contributed by atoms with van der Waals surface area (Å²) >= 11 is 1.71. The third kappa shape index (κ3) is 5.03. The normalized spacial score (nSPS) is 12.1. The van der Waals surface area contributed by atoms with Crippen LogP contribution in [0.5, 0.6) is 0 Å². The fraction of sp³-hybridized carbons (Fsp3) is 0. The summed E-state index contributed by atoms with van der Waals surface area (Å²) in [5.74, 6) is 0. The Morgan fingerprint density at radius 1 is 0.365 bits per heavy atom. The van der Waals surface area contributed by atoms with Gasteiger partial charge in [0.2, 0.25) is 0 Å². The summed E-state index contributed by atoms with van der Waals surface area (Å²) in [5.41, 5.74) is 11.7. The second-order valence-electron chi connectivity index (χ2n) is 16.5. The molecule has 0 aliphatic carbocycles. The maximum absolute atomic E-state index is 5.66. The zero-order chi connectivity index (χ0) is 41.2. The molecule has 4 aromatic heterocycles. The lowest BCUT2D eigenvalue weighted by Crippen LogP contribution is -1.99. The van der Waals surface area contributed by atoms with Crippen LogP contribution >= 0.6 is 11.3 Å². The SMILES string of the molecule is c1ccc(-n2c3ccccc3c3ccc(-c4nc5sc6ccccc6c5nc4-c4ccc(-n5c6cc7ccccc7cc6c6c7ccccc7ccc65)c5ccccc45)cc32)cc1. The molecule has 0 unspecified atom stereocenters. The molecule has 0 saturated heterocycles. The lowest BCUT2D eigenvalue weighted by atomic mass is 9.96. The van der Waals surface area contributed by atoms with Crippen LogP contribution in [0.3, 0.4) is 0 Å². The Morgan fingerprint density at radius 2 is 1.03 bits per heavy atom. The van der Waals surface area contributed by atoms with Crippen molar-refractivity contribution in [2.75, 3.05) is 0 Å². The van der Waals surface area contributed by atoms with Gasteiger partial charge in [0.15, 0.2) is 0 Å². The van der Waals surface area contributed by atoms with Crippen molar-refractivity contribution in [2.24, 2.45) is 0 Å². The number of para-hydroxylation sites is 2. The molecule has 0 bridgehead atoms. The smallest absolute Gasteiger partial charge is 0.143 e. The predicted octanol–water partition coefficient (Wildman–Crippen LogP) is 15.8. The summed E-state index contributed by atoms with van der Waals surface area (Å²) < 4.78 is 6.04. The minimum atomic E-state index is 0.869. The zero-order valence-corrected chi connectivity index (χ0v) is 34.6. The summed E-state index contributed by atoms with van der Waals surface area (Å²) in [7, 11) is 0. The average Bonchev–Trinajstić information content (AvgIpc) is 3.99. The molecule has 5 heteroatoms. The molecule has 0 aliphatic rings. The molecule has 14 aromatic rings. The van der Waals surface area contributed by atoms with Crippen LogP contribution in [0.1, 0.15) is 0 Å². The molecule has 63 heavy (non-hydrogen) atoms. The van der Waals surface area contributed by atoms with Crippen LogP contribution in [0.2, 0.25) is 0 Å². The van der Waals surface area contributed by atoms with E-state index in [1.807, 2.05) is 0 Å². The number of hydrogen-bond acceptors (Lipinski definition) is 3. The van der Waals surface area contributed by atoms with Crippen LogP contribution in [0.15, 0.2) is 206 Å². The highest BCUT2D eigenvalue weighted by Crippen LogP contribution is 2.45. The quantitative estimate of drug-likeness (QED) is 0.177. The second kappa shape index (κ2) is 13.2. The highest BCUT2D eigenvalue weighted by Gasteiger charge is 2.23. The van der Waals surface area contributed by atoms with Gasteiger partial charge in [0.25, 0.3) is 0 Å². The molecule has 0 saturated carbocycles. The minimum absolute atomic E-state index is 0.869. The van der Waals surface area contributed by atoms with Gasteiger partial charge in [-0.15, -0.1) is 11.3 Å². The first-order chi connectivity index (χ1) is 31.2. The van der Waals surface area contributed by atoms with Crippen LogP contribution < -0.4 is 0 Å². The van der Waals surface area contributed by atoms with E-state index >= 15 is 0 Å². The van der Waals surface area contributed by atoms with Crippen molar-refractivity contribution in [1.29, 1.82) is 0 Å². The monoisotopic (exact) mass is 818 g/mol. The van der Waals surface area contributed by atoms with E-state index in [9.17, 15) is 0 Å². The van der Waals surface area contributed by atoms with Crippen LogP contribution in [0.4, 0.5) is 0 Å². The summed E-state index contributed by atoms with van der Waals surface area (Å²) in [4.78, 5) is 12.2. The Hall–Kier alpha value is -8.12. The Balaban J connectivity index is 1.06. The predicted molar refractivity (Wildman–Crippen MR) is 267 cm³/mol. The van der Waals surface area contributed by atoms with Crippen molar-refractivity contribution >= 4 is 108 Å². The third-order valence-corrected chi connectivity index (χ3v) is 14.1.